The molecular formula is C7H15NOSn. The Kier molecular flexibility index (Phi) is 15.3. The van der Waals surface area contributed by atoms with Crippen molar-refractivity contribution in [2.75, 3.05) is 0 Å². The maximum Gasteiger partial charge on any atom is -0.0159 e. The van der Waals surface area contributed by atoms with Gasteiger partial charge in [0.1, 0.15) is 0 Å². The zero-order valence-electron chi connectivity index (χ0n) is 6.98. The molecule has 0 heterocycles. The summed E-state index contributed by atoms with van der Waals surface area (Å²) < 4.78 is 4.65. The minimum Gasteiger partial charge on any atom is -0.724 e. The number of nitrogens with zero attached hydrogens (tertiary/aromatic N) is 1. The first-order valence-electron chi connectivity index (χ1n) is 3.61. The van der Waals surface area contributed by atoms with Gasteiger partial charge in [-0.2, -0.15) is 0 Å². The fourth-order valence-electron chi connectivity index (χ4n) is 0.750. The summed E-state index contributed by atoms with van der Waals surface area (Å²) in [5.74, 6) is 0. The van der Waals surface area contributed by atoms with Crippen molar-refractivity contribution in [1.82, 2.24) is 0 Å². The van der Waals surface area contributed by atoms with E-state index in [4.69, 9.17) is 10.2 Å². The third-order valence-corrected chi connectivity index (χ3v) is 10.1. The van der Waals surface area contributed by atoms with Crippen molar-refractivity contribution in [2.24, 2.45) is 0 Å². The van der Waals surface area contributed by atoms with Crippen LogP contribution in [-0.2, 0) is 4.79 Å². The Morgan fingerprint density at radius 3 is 1.40 bits per heavy atom. The maximum atomic E-state index is 8.24. The normalized spacial score (nSPS) is 7.10. The van der Waals surface area contributed by atoms with Gasteiger partial charge in [0.05, 0.1) is 0 Å². The Balaban J connectivity index is 0. The van der Waals surface area contributed by atoms with E-state index in [1.807, 2.05) is 0 Å². The molecule has 0 rings (SSSR count). The second kappa shape index (κ2) is 11.9. The molecule has 10 heavy (non-hydrogen) atoms. The topological polar surface area (TPSA) is 39.4 Å². The molecule has 2 nitrogen and oxygen atoms in total. The van der Waals surface area contributed by atoms with Crippen LogP contribution in [0.1, 0.15) is 20.8 Å². The number of hydrogen-bond donors (Lipinski definition) is 0. The van der Waals surface area contributed by atoms with E-state index in [1.165, 1.54) is 0 Å². The Morgan fingerprint density at radius 1 is 1.20 bits per heavy atom. The Hall–Kier alpha value is 0.179. The van der Waals surface area contributed by atoms with Gasteiger partial charge in [0.25, 0.3) is 0 Å². The minimum atomic E-state index is -0.653. The molecule has 0 aromatic carbocycles. The molecule has 0 radical (unpaired) electrons. The summed E-state index contributed by atoms with van der Waals surface area (Å²) in [7, 11) is 0. The van der Waals surface area contributed by atoms with E-state index in [9.17, 15) is 0 Å². The fourth-order valence-corrected chi connectivity index (χ4v) is 5.03. The fraction of sp³-hybridized carbons (Fsp3) is 0.857. The number of carbonyl (C=O) groups excluding carboxylic acids is 1. The van der Waals surface area contributed by atoms with Crippen LogP contribution in [0.2, 0.25) is 13.3 Å². The SMILES string of the molecule is C[CH2][Sn+]([CH2]C)[CH2]C.[N-]=C=O. The molecule has 0 saturated heterocycles. The monoisotopic (exact) mass is 249 g/mol. The molecule has 0 saturated carbocycles. The minimum absolute atomic E-state index is 0.500. The molecule has 0 aliphatic carbocycles. The molecule has 0 unspecified atom stereocenters. The van der Waals surface area contributed by atoms with Crippen LogP contribution in [-0.4, -0.2) is 25.8 Å². The molecule has 0 amide bonds. The van der Waals surface area contributed by atoms with Crippen LogP contribution in [0.5, 0.6) is 0 Å². The molecule has 0 aliphatic heterocycles. The zero-order chi connectivity index (χ0) is 8.41. The van der Waals surface area contributed by atoms with Gasteiger partial charge in [-0.3, -0.25) is 4.79 Å². The van der Waals surface area contributed by atoms with Gasteiger partial charge in [-0.15, -0.1) is 0 Å². The summed E-state index contributed by atoms with van der Waals surface area (Å²) in [6.07, 6.45) is 0.500. The molecule has 3 heteroatoms. The number of rotatable bonds is 3. The summed E-state index contributed by atoms with van der Waals surface area (Å²) in [5.41, 5.74) is 0. The van der Waals surface area contributed by atoms with Crippen LogP contribution in [0.3, 0.4) is 0 Å². The van der Waals surface area contributed by atoms with Gasteiger partial charge in [-0.25, -0.2) is 0 Å². The molecule has 0 fully saturated rings. The van der Waals surface area contributed by atoms with E-state index in [-0.39, 0.29) is 0 Å². The number of isocyanates is 1. The molecule has 0 atom stereocenters. The van der Waals surface area contributed by atoms with E-state index in [1.54, 1.807) is 13.3 Å². The van der Waals surface area contributed by atoms with Gasteiger partial charge in [0.2, 0.25) is 0 Å². The summed E-state index contributed by atoms with van der Waals surface area (Å²) in [6.45, 7) is 7.05. The maximum absolute atomic E-state index is 8.24. The van der Waals surface area contributed by atoms with Crippen LogP contribution in [0.4, 0.5) is 0 Å². The molecule has 0 N–H and O–H groups in total. The van der Waals surface area contributed by atoms with E-state index in [0.717, 1.165) is 0 Å². The second-order valence-electron chi connectivity index (χ2n) is 1.90. The second-order valence-corrected chi connectivity index (χ2v) is 12.2. The first kappa shape index (κ1) is 12.8. The summed E-state index contributed by atoms with van der Waals surface area (Å²) in [4.78, 5) is 8.24. The molecule has 0 aliphatic rings. The Bertz CT molecular complexity index is 80.1. The molecule has 0 spiro atoms. The zero-order valence-corrected chi connectivity index (χ0v) is 9.83. The smallest absolute Gasteiger partial charge is 0.0159 e. The van der Waals surface area contributed by atoms with Crippen molar-refractivity contribution in [1.29, 1.82) is 0 Å². The van der Waals surface area contributed by atoms with Crippen molar-refractivity contribution in [3.05, 3.63) is 5.41 Å². The van der Waals surface area contributed by atoms with Crippen molar-refractivity contribution < 1.29 is 4.79 Å². The van der Waals surface area contributed by atoms with Gasteiger partial charge in [0.15, 0.2) is 0 Å². The van der Waals surface area contributed by atoms with Crippen LogP contribution < -0.4 is 0 Å². The van der Waals surface area contributed by atoms with Gasteiger partial charge in [-0.05, 0) is 6.08 Å². The van der Waals surface area contributed by atoms with Crippen molar-refractivity contribution >= 4 is 25.8 Å². The van der Waals surface area contributed by atoms with Gasteiger partial charge < -0.3 is 5.41 Å². The predicted molar refractivity (Wildman–Crippen MR) is 46.2 cm³/mol. The standard InChI is InChI=1S/3C2H5.CNO.Sn/c3*1-2;2-1-3;/h3*1H2,2H3;;/q;;;-1;+1. The van der Waals surface area contributed by atoms with Gasteiger partial charge in [-0.1, -0.05) is 0 Å². The van der Waals surface area contributed by atoms with E-state index >= 15 is 0 Å². The van der Waals surface area contributed by atoms with E-state index < -0.39 is 19.8 Å². The molecule has 0 aromatic rings. The van der Waals surface area contributed by atoms with Gasteiger partial charge in [0, 0.05) is 0 Å². The number of hydrogen-bond acceptors (Lipinski definition) is 1. The largest absolute Gasteiger partial charge is 0.724 e. The van der Waals surface area contributed by atoms with Crippen LogP contribution in [0.25, 0.3) is 5.41 Å². The van der Waals surface area contributed by atoms with Crippen molar-refractivity contribution in [3.8, 4) is 0 Å². The quantitative estimate of drug-likeness (QED) is 0.429. The molecule has 0 bridgehead atoms. The van der Waals surface area contributed by atoms with Crippen molar-refractivity contribution in [2.45, 2.75) is 34.1 Å². The molecular weight excluding hydrogens is 233 g/mol. The third kappa shape index (κ3) is 11.0. The summed E-state index contributed by atoms with van der Waals surface area (Å²) >= 11 is -0.653. The first-order chi connectivity index (χ1) is 4.76. The van der Waals surface area contributed by atoms with Gasteiger partial charge >= 0.3 is 53.8 Å². The van der Waals surface area contributed by atoms with Crippen molar-refractivity contribution in [3.63, 3.8) is 0 Å². The van der Waals surface area contributed by atoms with E-state index in [2.05, 4.69) is 20.8 Å². The Labute approximate surface area is 70.3 Å². The Morgan fingerprint density at radius 2 is 1.40 bits per heavy atom. The average Bonchev–Trinajstić information content (AvgIpc) is 1.93. The average molecular weight is 248 g/mol. The predicted octanol–water partition coefficient (Wildman–Crippen LogP) is 2.43. The first-order valence-corrected chi connectivity index (χ1v) is 9.66. The van der Waals surface area contributed by atoms with Crippen LogP contribution in [0.15, 0.2) is 0 Å². The van der Waals surface area contributed by atoms with Crippen LogP contribution >= 0.6 is 0 Å². The molecule has 0 aromatic heterocycles. The van der Waals surface area contributed by atoms with Crippen LogP contribution in [0, 0.1) is 0 Å². The third-order valence-electron chi connectivity index (χ3n) is 1.50. The summed E-state index contributed by atoms with van der Waals surface area (Å²) in [5, 5.41) is 6.76. The van der Waals surface area contributed by atoms with E-state index in [0.29, 0.717) is 6.08 Å². The summed E-state index contributed by atoms with van der Waals surface area (Å²) in [6, 6.07) is 0. The molecule has 58 valence electrons.